The van der Waals surface area contributed by atoms with Gasteiger partial charge in [0.15, 0.2) is 0 Å². The van der Waals surface area contributed by atoms with Crippen molar-refractivity contribution >= 4 is 63.7 Å². The van der Waals surface area contributed by atoms with E-state index in [1.165, 1.54) is 25.7 Å². The van der Waals surface area contributed by atoms with Gasteiger partial charge in [0.1, 0.15) is 0 Å². The third-order valence-corrected chi connectivity index (χ3v) is 8.68. The molecule has 0 aliphatic carbocycles. The normalized spacial score (nSPS) is 11.2. The zero-order chi connectivity index (χ0) is 17.9. The zero-order valence-corrected chi connectivity index (χ0v) is 20.7. The summed E-state index contributed by atoms with van der Waals surface area (Å²) in [6, 6.07) is 0. The lowest BCUT2D eigenvalue weighted by atomic mass is 10.1. The van der Waals surface area contributed by atoms with Crippen molar-refractivity contribution < 1.29 is 9.47 Å². The fourth-order valence-electron chi connectivity index (χ4n) is 2.28. The van der Waals surface area contributed by atoms with Crippen LogP contribution in [0.15, 0.2) is 17.9 Å². The van der Waals surface area contributed by atoms with E-state index in [9.17, 15) is 0 Å². The van der Waals surface area contributed by atoms with Crippen molar-refractivity contribution in [3.8, 4) is 0 Å². The molecule has 0 fully saturated rings. The summed E-state index contributed by atoms with van der Waals surface area (Å²) in [5.74, 6) is 0. The molecule has 0 saturated carbocycles. The monoisotopic (exact) mass is 590 g/mol. The third kappa shape index (κ3) is 7.36. The second kappa shape index (κ2) is 13.3. The zero-order valence-electron chi connectivity index (χ0n) is 14.4. The van der Waals surface area contributed by atoms with Gasteiger partial charge in [0, 0.05) is 31.1 Å². The van der Waals surface area contributed by atoms with Crippen LogP contribution in [0.1, 0.15) is 63.5 Å². The molecule has 0 aliphatic rings. The Morgan fingerprint density at radius 2 is 0.958 bits per heavy atom. The summed E-state index contributed by atoms with van der Waals surface area (Å²) in [5, 5.41) is 0. The fourth-order valence-corrected chi connectivity index (χ4v) is 4.79. The van der Waals surface area contributed by atoms with Gasteiger partial charge in [-0.15, -0.1) is 0 Å². The Morgan fingerprint density at radius 3 is 1.29 bits per heavy atom. The van der Waals surface area contributed by atoms with E-state index in [4.69, 9.17) is 9.47 Å². The van der Waals surface area contributed by atoms with Crippen LogP contribution in [-0.2, 0) is 22.7 Å². The molecular formula is C18H26Br4O2. The van der Waals surface area contributed by atoms with Crippen LogP contribution in [0.25, 0.3) is 0 Å². The number of ether oxygens (including phenoxy) is 2. The molecule has 24 heavy (non-hydrogen) atoms. The quantitative estimate of drug-likeness (QED) is 0.138. The highest BCUT2D eigenvalue weighted by molar-refractivity contribution is 9.15. The van der Waals surface area contributed by atoms with Crippen molar-refractivity contribution in [3.05, 3.63) is 29.0 Å². The van der Waals surface area contributed by atoms with E-state index in [0.29, 0.717) is 13.2 Å². The number of rotatable bonds is 12. The van der Waals surface area contributed by atoms with Gasteiger partial charge in [0.25, 0.3) is 0 Å². The SMILES string of the molecule is CCCCCOCc1c(Br)c(Br)c(Br)c(Br)c1COCCCCC. The van der Waals surface area contributed by atoms with E-state index >= 15 is 0 Å². The highest BCUT2D eigenvalue weighted by atomic mass is 79.9. The van der Waals surface area contributed by atoms with Crippen molar-refractivity contribution in [1.82, 2.24) is 0 Å². The molecule has 0 aromatic heterocycles. The standard InChI is InChI=1S/C18H26Br4O2/c1-3-5-7-9-23-11-13-14(12-24-10-8-6-4-2)16(20)18(22)17(21)15(13)19/h3-12H2,1-2H3. The Morgan fingerprint density at radius 1 is 0.583 bits per heavy atom. The molecular weight excluding hydrogens is 568 g/mol. The van der Waals surface area contributed by atoms with Gasteiger partial charge in [-0.25, -0.2) is 0 Å². The van der Waals surface area contributed by atoms with Crippen LogP contribution in [0.5, 0.6) is 0 Å². The van der Waals surface area contributed by atoms with Gasteiger partial charge in [-0.3, -0.25) is 0 Å². The van der Waals surface area contributed by atoms with Gasteiger partial charge < -0.3 is 9.47 Å². The second-order valence-corrected chi connectivity index (χ2v) is 8.90. The Labute approximate surface area is 180 Å². The van der Waals surface area contributed by atoms with E-state index in [1.54, 1.807) is 0 Å². The van der Waals surface area contributed by atoms with Crippen LogP contribution in [0.4, 0.5) is 0 Å². The van der Waals surface area contributed by atoms with Crippen LogP contribution >= 0.6 is 63.7 Å². The molecule has 1 aromatic carbocycles. The Bertz CT molecular complexity index is 462. The maximum absolute atomic E-state index is 5.90. The minimum Gasteiger partial charge on any atom is -0.377 e. The van der Waals surface area contributed by atoms with Crippen LogP contribution in [0.2, 0.25) is 0 Å². The maximum Gasteiger partial charge on any atom is 0.0732 e. The Kier molecular flexibility index (Phi) is 12.8. The van der Waals surface area contributed by atoms with Gasteiger partial charge in [-0.2, -0.15) is 0 Å². The van der Waals surface area contributed by atoms with Crippen LogP contribution < -0.4 is 0 Å². The summed E-state index contributed by atoms with van der Waals surface area (Å²) in [7, 11) is 0. The lowest BCUT2D eigenvalue weighted by Crippen LogP contribution is -2.06. The summed E-state index contributed by atoms with van der Waals surface area (Å²) in [5.41, 5.74) is 2.29. The van der Waals surface area contributed by atoms with Gasteiger partial charge >= 0.3 is 0 Å². The van der Waals surface area contributed by atoms with Crippen molar-refractivity contribution in [2.45, 2.75) is 65.6 Å². The van der Waals surface area contributed by atoms with Crippen LogP contribution in [0, 0.1) is 0 Å². The summed E-state index contributed by atoms with van der Waals surface area (Å²) >= 11 is 14.7. The van der Waals surface area contributed by atoms with E-state index in [0.717, 1.165) is 55.1 Å². The van der Waals surface area contributed by atoms with Gasteiger partial charge in [-0.05, 0) is 87.7 Å². The van der Waals surface area contributed by atoms with Crippen LogP contribution in [0.3, 0.4) is 0 Å². The molecule has 2 nitrogen and oxygen atoms in total. The molecule has 1 aromatic rings. The number of benzene rings is 1. The summed E-state index contributed by atoms with van der Waals surface area (Å²) in [6.45, 7) is 7.16. The number of hydrogen-bond donors (Lipinski definition) is 0. The first-order valence-corrected chi connectivity index (χ1v) is 11.7. The van der Waals surface area contributed by atoms with Crippen molar-refractivity contribution in [1.29, 1.82) is 0 Å². The first-order chi connectivity index (χ1) is 11.5. The van der Waals surface area contributed by atoms with Crippen molar-refractivity contribution in [3.63, 3.8) is 0 Å². The van der Waals surface area contributed by atoms with E-state index < -0.39 is 0 Å². The molecule has 1 rings (SSSR count). The first kappa shape index (κ1) is 23.1. The summed E-state index contributed by atoms with van der Waals surface area (Å²) in [4.78, 5) is 0. The number of hydrogen-bond acceptors (Lipinski definition) is 2. The molecule has 0 aliphatic heterocycles. The topological polar surface area (TPSA) is 18.5 Å². The molecule has 0 spiro atoms. The lowest BCUT2D eigenvalue weighted by molar-refractivity contribution is 0.103. The molecule has 0 heterocycles. The molecule has 0 atom stereocenters. The average Bonchev–Trinajstić information content (AvgIpc) is 2.58. The van der Waals surface area contributed by atoms with E-state index in [2.05, 4.69) is 77.6 Å². The minimum atomic E-state index is 0.586. The molecule has 0 amide bonds. The highest BCUT2D eigenvalue weighted by Crippen LogP contribution is 2.42. The van der Waals surface area contributed by atoms with Crippen molar-refractivity contribution in [2.24, 2.45) is 0 Å². The molecule has 138 valence electrons. The third-order valence-electron chi connectivity index (χ3n) is 3.75. The fraction of sp³-hybridized carbons (Fsp3) is 0.667. The molecule has 6 heteroatoms. The Hall–Kier alpha value is 1.06. The van der Waals surface area contributed by atoms with Crippen LogP contribution in [-0.4, -0.2) is 13.2 Å². The van der Waals surface area contributed by atoms with E-state index in [1.807, 2.05) is 0 Å². The molecule has 0 bridgehead atoms. The van der Waals surface area contributed by atoms with Gasteiger partial charge in [0.2, 0.25) is 0 Å². The van der Waals surface area contributed by atoms with Gasteiger partial charge in [-0.1, -0.05) is 39.5 Å². The minimum absolute atomic E-state index is 0.586. The first-order valence-electron chi connectivity index (χ1n) is 8.53. The smallest absolute Gasteiger partial charge is 0.0732 e. The molecule has 0 radical (unpaired) electrons. The summed E-state index contributed by atoms with van der Waals surface area (Å²) in [6.07, 6.45) is 7.05. The largest absolute Gasteiger partial charge is 0.377 e. The Balaban J connectivity index is 2.80. The number of halogens is 4. The predicted octanol–water partition coefficient (Wildman–Crippen LogP) is 8.15. The van der Waals surface area contributed by atoms with Gasteiger partial charge in [0.05, 0.1) is 13.2 Å². The second-order valence-electron chi connectivity index (χ2n) is 5.73. The van der Waals surface area contributed by atoms with Crippen molar-refractivity contribution in [2.75, 3.05) is 13.2 Å². The molecule has 0 N–H and O–H groups in total. The highest BCUT2D eigenvalue weighted by Gasteiger charge is 2.19. The lowest BCUT2D eigenvalue weighted by Gasteiger charge is -2.18. The van der Waals surface area contributed by atoms with E-state index in [-0.39, 0.29) is 0 Å². The molecule has 0 unspecified atom stereocenters. The predicted molar refractivity (Wildman–Crippen MR) is 116 cm³/mol. The maximum atomic E-state index is 5.90. The average molecular weight is 594 g/mol. The molecule has 0 saturated heterocycles. The summed E-state index contributed by atoms with van der Waals surface area (Å²) < 4.78 is 15.8. The number of unbranched alkanes of at least 4 members (excludes halogenated alkanes) is 4.